The molecule has 1 aliphatic carbocycles. The highest BCUT2D eigenvalue weighted by atomic mass is 16.1. The topological polar surface area (TPSA) is 74.8 Å². The fourth-order valence-corrected chi connectivity index (χ4v) is 4.06. The summed E-state index contributed by atoms with van der Waals surface area (Å²) in [4.78, 5) is 32.1. The van der Waals surface area contributed by atoms with Gasteiger partial charge in [0, 0.05) is 51.3 Å². The van der Waals surface area contributed by atoms with Gasteiger partial charge in [-0.05, 0) is 37.1 Å². The summed E-state index contributed by atoms with van der Waals surface area (Å²) >= 11 is 0. The number of carbonyl (C=O) groups is 2. The highest BCUT2D eigenvalue weighted by Gasteiger charge is 2.25. The second kappa shape index (κ2) is 6.41. The lowest BCUT2D eigenvalue weighted by molar-refractivity contribution is -0.111. The van der Waals surface area contributed by atoms with Crippen molar-refractivity contribution in [3.05, 3.63) is 72.1 Å². The van der Waals surface area contributed by atoms with Gasteiger partial charge in [0.05, 0.1) is 11.2 Å². The largest absolute Gasteiger partial charge is 0.357 e. The van der Waals surface area contributed by atoms with Gasteiger partial charge in [0.1, 0.15) is 0 Å². The van der Waals surface area contributed by atoms with Gasteiger partial charge in [-0.15, -0.1) is 0 Å². The molecule has 29 heavy (non-hydrogen) atoms. The Morgan fingerprint density at radius 1 is 1.17 bits per heavy atom. The van der Waals surface area contributed by atoms with Crippen molar-refractivity contribution in [3.63, 3.8) is 0 Å². The van der Waals surface area contributed by atoms with Gasteiger partial charge < -0.3 is 10.3 Å². The van der Waals surface area contributed by atoms with Gasteiger partial charge in [-0.2, -0.15) is 0 Å². The van der Waals surface area contributed by atoms with Crippen LogP contribution in [0.5, 0.6) is 0 Å². The van der Waals surface area contributed by atoms with Crippen molar-refractivity contribution in [2.24, 2.45) is 0 Å². The predicted molar refractivity (Wildman–Crippen MR) is 115 cm³/mol. The number of carbonyl (C=O) groups excluding carboxylic acids is 2. The van der Waals surface area contributed by atoms with Crippen LogP contribution in [-0.2, 0) is 11.2 Å². The Labute approximate surface area is 167 Å². The number of aromatic nitrogens is 2. The van der Waals surface area contributed by atoms with Crippen molar-refractivity contribution in [1.82, 2.24) is 9.97 Å². The lowest BCUT2D eigenvalue weighted by Gasteiger charge is -2.10. The zero-order valence-electron chi connectivity index (χ0n) is 16.0. The molecule has 0 saturated carbocycles. The molecule has 5 heteroatoms. The van der Waals surface area contributed by atoms with Gasteiger partial charge in [-0.25, -0.2) is 0 Å². The molecule has 0 unspecified atom stereocenters. The Bertz CT molecular complexity index is 1350. The molecule has 2 aromatic carbocycles. The maximum atomic E-state index is 12.3. The third-order valence-electron chi connectivity index (χ3n) is 5.61. The van der Waals surface area contributed by atoms with Crippen molar-refractivity contribution >= 4 is 39.1 Å². The van der Waals surface area contributed by atoms with Gasteiger partial charge in [-0.3, -0.25) is 14.6 Å². The van der Waals surface area contributed by atoms with Crippen LogP contribution in [0.3, 0.4) is 0 Å². The van der Waals surface area contributed by atoms with E-state index in [0.717, 1.165) is 61.9 Å². The van der Waals surface area contributed by atoms with Gasteiger partial charge in [-0.1, -0.05) is 30.8 Å². The molecule has 1 amide bonds. The molecule has 4 aromatic rings. The van der Waals surface area contributed by atoms with E-state index < -0.39 is 0 Å². The summed E-state index contributed by atoms with van der Waals surface area (Å²) in [6.07, 6.45) is 4.45. The Hall–Kier alpha value is -3.73. The summed E-state index contributed by atoms with van der Waals surface area (Å²) in [5, 5.41) is 5.87. The van der Waals surface area contributed by atoms with Crippen LogP contribution in [-0.4, -0.2) is 21.7 Å². The Morgan fingerprint density at radius 3 is 2.86 bits per heavy atom. The number of pyridine rings is 1. The van der Waals surface area contributed by atoms with Crippen molar-refractivity contribution in [2.45, 2.75) is 19.8 Å². The first-order valence-electron chi connectivity index (χ1n) is 9.56. The normalized spacial score (nSPS) is 13.1. The second-order valence-electron chi connectivity index (χ2n) is 7.40. The molecule has 2 heterocycles. The molecule has 0 saturated heterocycles. The van der Waals surface area contributed by atoms with Crippen LogP contribution >= 0.6 is 0 Å². The molecule has 5 nitrogen and oxygen atoms in total. The number of nitrogens with zero attached hydrogens (tertiary/aromatic N) is 1. The van der Waals surface area contributed by atoms with Crippen LogP contribution in [0.15, 0.2) is 55.3 Å². The number of hydrogen-bond donors (Lipinski definition) is 2. The fraction of sp³-hybridized carbons (Fsp3) is 0.125. The number of nitrogens with one attached hydrogen (secondary N) is 2. The first-order valence-corrected chi connectivity index (χ1v) is 9.56. The van der Waals surface area contributed by atoms with E-state index in [0.29, 0.717) is 6.42 Å². The van der Waals surface area contributed by atoms with Crippen LogP contribution in [0.1, 0.15) is 28.0 Å². The minimum Gasteiger partial charge on any atom is -0.357 e. The number of Topliss-reactive ketones (excluding diaryl/α,β-unsaturated/α-hetero) is 1. The van der Waals surface area contributed by atoms with Gasteiger partial charge in [0.25, 0.3) is 0 Å². The van der Waals surface area contributed by atoms with Crippen molar-refractivity contribution in [2.75, 3.05) is 5.32 Å². The SMILES string of the molecule is C=CC(=O)Nc1cc(-c2cc3c(ccc4c5c([nH]c43)CCC5=O)cn2)ccc1C. The average molecular weight is 381 g/mol. The molecule has 2 aromatic heterocycles. The number of ketones is 1. The number of amides is 1. The molecule has 0 fully saturated rings. The molecule has 2 N–H and O–H groups in total. The van der Waals surface area contributed by atoms with E-state index in [1.807, 2.05) is 49.5 Å². The van der Waals surface area contributed by atoms with Crippen LogP contribution in [0, 0.1) is 6.92 Å². The Balaban J connectivity index is 1.67. The number of hydrogen-bond acceptors (Lipinski definition) is 3. The molecule has 0 bridgehead atoms. The number of benzene rings is 2. The first kappa shape index (κ1) is 17.4. The number of aryl methyl sites for hydroxylation is 2. The van der Waals surface area contributed by atoms with Crippen LogP contribution in [0.2, 0.25) is 0 Å². The predicted octanol–water partition coefficient (Wildman–Crippen LogP) is 4.94. The summed E-state index contributed by atoms with van der Waals surface area (Å²) < 4.78 is 0. The van der Waals surface area contributed by atoms with E-state index in [9.17, 15) is 9.59 Å². The average Bonchev–Trinajstić information content (AvgIpc) is 3.29. The number of rotatable bonds is 3. The molecule has 0 atom stereocenters. The molecule has 0 spiro atoms. The number of H-pyrrole nitrogens is 1. The van der Waals surface area contributed by atoms with E-state index >= 15 is 0 Å². The summed E-state index contributed by atoms with van der Waals surface area (Å²) in [5.41, 5.74) is 6.26. The Morgan fingerprint density at radius 2 is 2.03 bits per heavy atom. The van der Waals surface area contributed by atoms with Gasteiger partial charge in [0.2, 0.25) is 5.91 Å². The summed E-state index contributed by atoms with van der Waals surface area (Å²) in [6, 6.07) is 11.9. The molecule has 0 radical (unpaired) electrons. The zero-order valence-corrected chi connectivity index (χ0v) is 16.0. The lowest BCUT2D eigenvalue weighted by Crippen LogP contribution is -2.08. The van der Waals surface area contributed by atoms with E-state index in [1.165, 1.54) is 6.08 Å². The Kier molecular flexibility index (Phi) is 3.84. The maximum absolute atomic E-state index is 12.3. The standard InChI is InChI=1S/C24H19N3O2/c1-3-22(29)26-19-10-14(5-4-13(19)2)20-11-17-15(12-25-20)6-7-16-23-18(27-24(16)17)8-9-21(23)28/h3-7,10-12,27H,1,8-9H2,2H3,(H,26,29). The highest BCUT2D eigenvalue weighted by Crippen LogP contribution is 2.35. The van der Waals surface area contributed by atoms with Crippen LogP contribution in [0.4, 0.5) is 5.69 Å². The van der Waals surface area contributed by atoms with E-state index in [4.69, 9.17) is 0 Å². The molecular formula is C24H19N3O2. The summed E-state index contributed by atoms with van der Waals surface area (Å²) in [6.45, 7) is 5.45. The molecule has 1 aliphatic rings. The van der Waals surface area contributed by atoms with Crippen molar-refractivity contribution < 1.29 is 9.59 Å². The third kappa shape index (κ3) is 2.74. The monoisotopic (exact) mass is 381 g/mol. The number of anilines is 1. The van der Waals surface area contributed by atoms with Crippen LogP contribution in [0.25, 0.3) is 32.9 Å². The van der Waals surface area contributed by atoms with Gasteiger partial charge >= 0.3 is 0 Å². The molecule has 5 rings (SSSR count). The third-order valence-corrected chi connectivity index (χ3v) is 5.61. The van der Waals surface area contributed by atoms with E-state index in [1.54, 1.807) is 0 Å². The molecule has 142 valence electrons. The smallest absolute Gasteiger partial charge is 0.247 e. The lowest BCUT2D eigenvalue weighted by atomic mass is 10.0. The highest BCUT2D eigenvalue weighted by molar-refractivity contribution is 6.17. The van der Waals surface area contributed by atoms with Crippen molar-refractivity contribution in [3.8, 4) is 11.3 Å². The summed E-state index contributed by atoms with van der Waals surface area (Å²) in [5.74, 6) is -0.0370. The minimum absolute atomic E-state index is 0.209. The first-order chi connectivity index (χ1) is 14.0. The second-order valence-corrected chi connectivity index (χ2v) is 7.40. The number of fused-ring (bicyclic) bond motifs is 5. The zero-order chi connectivity index (χ0) is 20.1. The van der Waals surface area contributed by atoms with Crippen molar-refractivity contribution in [1.29, 1.82) is 0 Å². The van der Waals surface area contributed by atoms with E-state index in [2.05, 4.69) is 21.9 Å². The molecular weight excluding hydrogens is 362 g/mol. The fourth-order valence-electron chi connectivity index (χ4n) is 4.06. The molecule has 0 aliphatic heterocycles. The quantitative estimate of drug-likeness (QED) is 0.493. The van der Waals surface area contributed by atoms with E-state index in [-0.39, 0.29) is 11.7 Å². The van der Waals surface area contributed by atoms with Gasteiger partial charge in [0.15, 0.2) is 5.78 Å². The maximum Gasteiger partial charge on any atom is 0.247 e. The van der Waals surface area contributed by atoms with Crippen LogP contribution < -0.4 is 5.32 Å². The minimum atomic E-state index is -0.246. The summed E-state index contributed by atoms with van der Waals surface area (Å²) in [7, 11) is 0. The number of aromatic amines is 1.